The van der Waals surface area contributed by atoms with Crippen LogP contribution in [0.5, 0.6) is 0 Å². The van der Waals surface area contributed by atoms with E-state index in [0.29, 0.717) is 17.5 Å². The molecule has 0 N–H and O–H groups in total. The highest BCUT2D eigenvalue weighted by atomic mass is 32.3. The Kier molecular flexibility index (Phi) is 10.8. The first-order valence-corrected chi connectivity index (χ1v) is 24.6. The fourth-order valence-electron chi connectivity index (χ4n) is 8.82. The van der Waals surface area contributed by atoms with Crippen LogP contribution in [0.3, 0.4) is 0 Å². The summed E-state index contributed by atoms with van der Waals surface area (Å²) >= 11 is 0. The summed E-state index contributed by atoms with van der Waals surface area (Å²) in [5.41, 5.74) is 2.81. The van der Waals surface area contributed by atoms with Crippen LogP contribution in [0.1, 0.15) is 0 Å². The van der Waals surface area contributed by atoms with Gasteiger partial charge >= 0.3 is 0 Å². The van der Waals surface area contributed by atoms with Gasteiger partial charge in [0.25, 0.3) is 0 Å². The molecule has 3 nitrogen and oxygen atoms in total. The number of nitrogens with zero attached hydrogens (tertiary/aromatic N) is 3. The van der Waals surface area contributed by atoms with Crippen molar-refractivity contribution in [2.75, 3.05) is 0 Å². The number of hydrogen-bond donors (Lipinski definition) is 0. The molecule has 1 heterocycles. The summed E-state index contributed by atoms with van der Waals surface area (Å²) in [4.78, 5) is 20.9. The first-order valence-electron chi connectivity index (χ1n) is 20.9. The standard InChI is InChI=1S/C57H43N3SSi/c1-8-24-44(25-9-1)55-58-56(45-26-22-34-50(42-45)61(47-28-10-2-11-29-47,48-30-12-3-13-31-48)49-32-14-4-15-33-49)60-57(59-55)46-27-23-41-54(43-46)62(51-35-16-5-17-36-51,52-37-18-6-19-38-52)53-39-20-7-21-40-53/h1-43H. The summed E-state index contributed by atoms with van der Waals surface area (Å²) in [7, 11) is -4.75. The number of aromatic nitrogens is 3. The minimum absolute atomic E-state index is 0.626. The van der Waals surface area contributed by atoms with E-state index in [4.69, 9.17) is 15.0 Å². The highest BCUT2D eigenvalue weighted by Gasteiger charge is 2.41. The van der Waals surface area contributed by atoms with Crippen LogP contribution in [-0.2, 0) is 0 Å². The largest absolute Gasteiger partial charge is 0.208 e. The van der Waals surface area contributed by atoms with Crippen molar-refractivity contribution in [2.24, 2.45) is 0 Å². The van der Waals surface area contributed by atoms with Crippen molar-refractivity contribution in [1.82, 2.24) is 15.0 Å². The van der Waals surface area contributed by atoms with Crippen LogP contribution in [0.2, 0.25) is 0 Å². The van der Waals surface area contributed by atoms with Crippen LogP contribution in [0, 0.1) is 0 Å². The molecule has 10 rings (SSSR count). The molecule has 0 atom stereocenters. The van der Waals surface area contributed by atoms with Gasteiger partial charge in [0.05, 0.1) is 0 Å². The lowest BCUT2D eigenvalue weighted by molar-refractivity contribution is 1.07. The third-order valence-corrected chi connectivity index (χ3v) is 20.3. The maximum absolute atomic E-state index is 5.38. The van der Waals surface area contributed by atoms with Crippen LogP contribution < -0.4 is 20.7 Å². The van der Waals surface area contributed by atoms with E-state index < -0.39 is 18.1 Å². The summed E-state index contributed by atoms with van der Waals surface area (Å²) in [6, 6.07) is 93.9. The van der Waals surface area contributed by atoms with E-state index in [1.54, 1.807) is 0 Å². The van der Waals surface area contributed by atoms with Gasteiger partial charge in [0, 0.05) is 36.3 Å². The Labute approximate surface area is 366 Å². The molecule has 0 amide bonds. The maximum Gasteiger partial charge on any atom is 0.179 e. The van der Waals surface area contributed by atoms with Gasteiger partial charge in [-0.25, -0.2) is 15.0 Å². The SMILES string of the molecule is c1ccc(-c2nc(-c3cccc([Si](c4ccccc4)(c4ccccc4)c4ccccc4)c3)nc(-c3cccc(S(c4ccccc4)(c4ccccc4)c4ccccc4)c3)n2)cc1. The van der Waals surface area contributed by atoms with E-state index in [9.17, 15) is 0 Å². The molecule has 0 fully saturated rings. The van der Waals surface area contributed by atoms with Crippen molar-refractivity contribution < 1.29 is 0 Å². The van der Waals surface area contributed by atoms with Crippen molar-refractivity contribution in [3.05, 3.63) is 261 Å². The number of benzene rings is 9. The minimum Gasteiger partial charge on any atom is -0.208 e. The molecule has 0 aliphatic heterocycles. The van der Waals surface area contributed by atoms with E-state index in [2.05, 4.69) is 243 Å². The molecular formula is C57H43N3SSi. The van der Waals surface area contributed by atoms with Crippen LogP contribution in [0.25, 0.3) is 34.2 Å². The normalized spacial score (nSPS) is 11.8. The van der Waals surface area contributed by atoms with Crippen LogP contribution in [0.15, 0.2) is 280 Å². The zero-order valence-electron chi connectivity index (χ0n) is 34.1. The third kappa shape index (κ3) is 7.07. The summed E-state index contributed by atoms with van der Waals surface area (Å²) in [6.07, 6.45) is 0. The molecule has 62 heavy (non-hydrogen) atoms. The van der Waals surface area contributed by atoms with Gasteiger partial charge in [0.15, 0.2) is 25.5 Å². The predicted octanol–water partition coefficient (Wildman–Crippen LogP) is 11.6. The molecule has 1 aromatic heterocycles. The second kappa shape index (κ2) is 17.3. The van der Waals surface area contributed by atoms with Crippen LogP contribution >= 0.6 is 10.0 Å². The van der Waals surface area contributed by atoms with E-state index in [0.717, 1.165) is 16.7 Å². The lowest BCUT2D eigenvalue weighted by Crippen LogP contribution is -2.74. The van der Waals surface area contributed by atoms with Crippen molar-refractivity contribution in [3.8, 4) is 34.2 Å². The Hall–Kier alpha value is -7.44. The molecule has 0 bridgehead atoms. The second-order valence-electron chi connectivity index (χ2n) is 15.2. The molecule has 0 aliphatic carbocycles. The Morgan fingerprint density at radius 1 is 0.242 bits per heavy atom. The van der Waals surface area contributed by atoms with Crippen molar-refractivity contribution in [2.45, 2.75) is 19.6 Å². The Balaban J connectivity index is 1.20. The molecule has 296 valence electrons. The molecule has 0 aliphatic rings. The first kappa shape index (κ1) is 38.7. The van der Waals surface area contributed by atoms with Crippen molar-refractivity contribution in [3.63, 3.8) is 0 Å². The van der Waals surface area contributed by atoms with E-state index >= 15 is 0 Å². The van der Waals surface area contributed by atoms with Crippen LogP contribution in [0.4, 0.5) is 0 Å². The van der Waals surface area contributed by atoms with E-state index in [-0.39, 0.29) is 0 Å². The van der Waals surface area contributed by atoms with Crippen LogP contribution in [-0.4, -0.2) is 23.0 Å². The highest BCUT2D eigenvalue weighted by molar-refractivity contribution is 8.34. The lowest BCUT2D eigenvalue weighted by Gasteiger charge is -2.42. The lowest BCUT2D eigenvalue weighted by atomic mass is 10.1. The zero-order valence-corrected chi connectivity index (χ0v) is 35.9. The average molecular weight is 830 g/mol. The molecule has 0 saturated heterocycles. The Morgan fingerprint density at radius 3 is 0.952 bits per heavy atom. The Bertz CT molecular complexity index is 2660. The van der Waals surface area contributed by atoms with Gasteiger partial charge in [0.1, 0.15) is 0 Å². The van der Waals surface area contributed by atoms with Gasteiger partial charge in [-0.1, -0.05) is 212 Å². The molecule has 10 aromatic rings. The summed E-state index contributed by atoms with van der Waals surface area (Å²) in [5.74, 6) is 1.89. The molecule has 0 unspecified atom stereocenters. The number of rotatable bonds is 11. The highest BCUT2D eigenvalue weighted by Crippen LogP contribution is 2.73. The first-order chi connectivity index (χ1) is 30.7. The second-order valence-corrected chi connectivity index (χ2v) is 22.1. The van der Waals surface area contributed by atoms with Gasteiger partial charge in [0.2, 0.25) is 0 Å². The fourth-order valence-corrected chi connectivity index (χ4v) is 17.5. The summed E-state index contributed by atoms with van der Waals surface area (Å²) in [5, 5.41) is 5.20. The topological polar surface area (TPSA) is 38.7 Å². The van der Waals surface area contributed by atoms with Gasteiger partial charge in [-0.3, -0.25) is 0 Å². The van der Waals surface area contributed by atoms with Gasteiger partial charge in [-0.2, -0.15) is 0 Å². The Morgan fingerprint density at radius 2 is 0.532 bits per heavy atom. The van der Waals surface area contributed by atoms with E-state index in [1.165, 1.54) is 40.3 Å². The minimum atomic E-state index is -2.81. The fraction of sp³-hybridized carbons (Fsp3) is 0. The zero-order chi connectivity index (χ0) is 41.6. The molecule has 9 aromatic carbocycles. The summed E-state index contributed by atoms with van der Waals surface area (Å²) < 4.78 is 0. The third-order valence-electron chi connectivity index (χ3n) is 11.6. The molecule has 0 spiro atoms. The van der Waals surface area contributed by atoms with Gasteiger partial charge < -0.3 is 0 Å². The smallest absolute Gasteiger partial charge is 0.179 e. The molecule has 0 saturated carbocycles. The molecule has 0 radical (unpaired) electrons. The average Bonchev–Trinajstić information content (AvgIpc) is 3.37. The molecule has 5 heteroatoms. The maximum atomic E-state index is 5.38. The summed E-state index contributed by atoms with van der Waals surface area (Å²) in [6.45, 7) is 0. The van der Waals surface area contributed by atoms with E-state index in [1.807, 2.05) is 18.2 Å². The predicted molar refractivity (Wildman–Crippen MR) is 260 cm³/mol. The molecular weight excluding hydrogens is 787 g/mol. The van der Waals surface area contributed by atoms with Gasteiger partial charge in [-0.15, -0.1) is 10.0 Å². The van der Waals surface area contributed by atoms with Crippen molar-refractivity contribution >= 4 is 38.8 Å². The van der Waals surface area contributed by atoms with Gasteiger partial charge in [-0.05, 0) is 69.3 Å². The monoisotopic (exact) mass is 829 g/mol. The quantitative estimate of drug-likeness (QED) is 0.0963. The number of hydrogen-bond acceptors (Lipinski definition) is 3. The van der Waals surface area contributed by atoms with Crippen molar-refractivity contribution in [1.29, 1.82) is 0 Å².